The van der Waals surface area contributed by atoms with Gasteiger partial charge in [0.15, 0.2) is 0 Å². The fourth-order valence-electron chi connectivity index (χ4n) is 2.73. The number of sulfonamides is 1. The fraction of sp³-hybridized carbons (Fsp3) is 1.00. The summed E-state index contributed by atoms with van der Waals surface area (Å²) in [6, 6.07) is 0. The normalized spacial score (nSPS) is 32.5. The second-order valence-corrected chi connectivity index (χ2v) is 11.2. The molecule has 1 heterocycles. The van der Waals surface area contributed by atoms with Gasteiger partial charge in [0.05, 0.1) is 16.8 Å². The van der Waals surface area contributed by atoms with Crippen molar-refractivity contribution >= 4 is 35.8 Å². The summed E-state index contributed by atoms with van der Waals surface area (Å²) in [4.78, 5) is 0.502. The van der Waals surface area contributed by atoms with Crippen molar-refractivity contribution in [3.8, 4) is 0 Å². The molecular formula is C11H20BrNO4S2. The summed E-state index contributed by atoms with van der Waals surface area (Å²) >= 11 is 3.54. The average molecular weight is 374 g/mol. The van der Waals surface area contributed by atoms with E-state index in [0.29, 0.717) is 17.3 Å². The van der Waals surface area contributed by atoms with Crippen LogP contribution in [0.5, 0.6) is 0 Å². The van der Waals surface area contributed by atoms with Crippen molar-refractivity contribution in [1.82, 2.24) is 4.72 Å². The van der Waals surface area contributed by atoms with Gasteiger partial charge in [-0.15, -0.1) is 0 Å². The van der Waals surface area contributed by atoms with Crippen molar-refractivity contribution in [3.63, 3.8) is 0 Å². The lowest BCUT2D eigenvalue weighted by Gasteiger charge is -2.23. The molecular weight excluding hydrogens is 354 g/mol. The number of hydrogen-bond donors (Lipinski definition) is 1. The van der Waals surface area contributed by atoms with Crippen molar-refractivity contribution < 1.29 is 16.8 Å². The van der Waals surface area contributed by atoms with Gasteiger partial charge in [-0.25, -0.2) is 21.6 Å². The van der Waals surface area contributed by atoms with E-state index >= 15 is 0 Å². The van der Waals surface area contributed by atoms with Gasteiger partial charge in [-0.05, 0) is 38.0 Å². The smallest absolute Gasteiger partial charge is 0.214 e. The number of halogens is 1. The molecule has 19 heavy (non-hydrogen) atoms. The van der Waals surface area contributed by atoms with Gasteiger partial charge >= 0.3 is 0 Å². The maximum Gasteiger partial charge on any atom is 0.214 e. The summed E-state index contributed by atoms with van der Waals surface area (Å²) in [6.07, 6.45) is 3.58. The maximum absolute atomic E-state index is 12.1. The first kappa shape index (κ1) is 15.7. The highest BCUT2D eigenvalue weighted by molar-refractivity contribution is 9.09. The summed E-state index contributed by atoms with van der Waals surface area (Å²) in [7, 11) is -6.38. The van der Waals surface area contributed by atoms with Crippen LogP contribution in [0.25, 0.3) is 0 Å². The van der Waals surface area contributed by atoms with Gasteiger partial charge < -0.3 is 0 Å². The number of nitrogens with one attached hydrogen (secondary N) is 1. The third-order valence-electron chi connectivity index (χ3n) is 3.99. The molecule has 0 aromatic heterocycles. The van der Waals surface area contributed by atoms with Gasteiger partial charge in [-0.2, -0.15) is 0 Å². The van der Waals surface area contributed by atoms with Crippen LogP contribution in [0, 0.1) is 5.92 Å². The van der Waals surface area contributed by atoms with Crippen LogP contribution in [0.2, 0.25) is 0 Å². The Morgan fingerprint density at radius 3 is 2.26 bits per heavy atom. The first-order chi connectivity index (χ1) is 8.78. The molecule has 1 aliphatic carbocycles. The lowest BCUT2D eigenvalue weighted by Crippen LogP contribution is -2.41. The molecule has 0 radical (unpaired) electrons. The number of alkyl halides is 1. The molecule has 2 fully saturated rings. The van der Waals surface area contributed by atoms with Crippen LogP contribution in [0.1, 0.15) is 32.1 Å². The van der Waals surface area contributed by atoms with Crippen LogP contribution < -0.4 is 4.72 Å². The maximum atomic E-state index is 12.1. The van der Waals surface area contributed by atoms with Gasteiger partial charge in [0, 0.05) is 11.4 Å². The van der Waals surface area contributed by atoms with Gasteiger partial charge in [-0.1, -0.05) is 15.9 Å². The van der Waals surface area contributed by atoms with E-state index in [1.165, 1.54) is 0 Å². The van der Waals surface area contributed by atoms with E-state index in [9.17, 15) is 16.8 Å². The molecule has 0 spiro atoms. The number of hydrogen-bond acceptors (Lipinski definition) is 4. The summed E-state index contributed by atoms with van der Waals surface area (Å²) in [5, 5.41) is -0.544. The minimum atomic E-state index is -3.37. The molecule has 112 valence electrons. The lowest BCUT2D eigenvalue weighted by atomic mass is 10.1. The number of sulfone groups is 1. The zero-order valence-electron chi connectivity index (χ0n) is 10.7. The molecule has 0 bridgehead atoms. The quantitative estimate of drug-likeness (QED) is 0.746. The minimum absolute atomic E-state index is 0.00845. The molecule has 2 unspecified atom stereocenters. The molecule has 1 saturated heterocycles. The second-order valence-electron chi connectivity index (χ2n) is 5.52. The molecule has 2 atom stereocenters. The molecule has 0 aromatic rings. The highest BCUT2D eigenvalue weighted by Gasteiger charge is 2.33. The SMILES string of the molecule is O=S1(=O)CCC(S(=O)(=O)NCC2CCC(Br)C2)CC1. The molecule has 1 saturated carbocycles. The molecule has 2 aliphatic rings. The molecule has 5 nitrogen and oxygen atoms in total. The van der Waals surface area contributed by atoms with Gasteiger partial charge in [-0.3, -0.25) is 0 Å². The van der Waals surface area contributed by atoms with Crippen molar-refractivity contribution in [2.45, 2.75) is 42.2 Å². The van der Waals surface area contributed by atoms with Crippen LogP contribution in [-0.4, -0.2) is 45.0 Å². The van der Waals surface area contributed by atoms with Crippen molar-refractivity contribution in [3.05, 3.63) is 0 Å². The summed E-state index contributed by atoms with van der Waals surface area (Å²) in [5.74, 6) is 0.378. The van der Waals surface area contributed by atoms with E-state index in [0.717, 1.165) is 19.3 Å². The van der Waals surface area contributed by atoms with E-state index in [1.807, 2.05) is 0 Å². The summed E-state index contributed by atoms with van der Waals surface area (Å²) < 4.78 is 49.5. The largest absolute Gasteiger partial charge is 0.229 e. The van der Waals surface area contributed by atoms with E-state index in [2.05, 4.69) is 20.7 Å². The fourth-order valence-corrected chi connectivity index (χ4v) is 6.87. The lowest BCUT2D eigenvalue weighted by molar-refractivity contribution is 0.507. The monoisotopic (exact) mass is 373 g/mol. The Kier molecular flexibility index (Phi) is 4.96. The molecule has 0 amide bonds. The predicted molar refractivity (Wildman–Crippen MR) is 78.7 cm³/mol. The standard InChI is InChI=1S/C11H20BrNO4S2/c12-10-2-1-9(7-10)8-13-19(16,17)11-3-5-18(14,15)6-4-11/h9-11,13H,1-8H2. The Morgan fingerprint density at radius 2 is 1.74 bits per heavy atom. The second kappa shape index (κ2) is 5.99. The summed E-state index contributed by atoms with van der Waals surface area (Å²) in [6.45, 7) is 0.480. The third kappa shape index (κ3) is 4.41. The zero-order chi connectivity index (χ0) is 14.1. The third-order valence-corrected chi connectivity index (χ3v) is 8.46. The summed E-state index contributed by atoms with van der Waals surface area (Å²) in [5.41, 5.74) is 0. The van der Waals surface area contributed by atoms with Gasteiger partial charge in [0.2, 0.25) is 10.0 Å². The average Bonchev–Trinajstić information content (AvgIpc) is 2.72. The van der Waals surface area contributed by atoms with Crippen LogP contribution in [0.4, 0.5) is 0 Å². The highest BCUT2D eigenvalue weighted by Crippen LogP contribution is 2.30. The van der Waals surface area contributed by atoms with Crippen molar-refractivity contribution in [1.29, 1.82) is 0 Å². The Bertz CT molecular complexity index is 503. The van der Waals surface area contributed by atoms with Gasteiger partial charge in [0.1, 0.15) is 9.84 Å². The van der Waals surface area contributed by atoms with E-state index in [4.69, 9.17) is 0 Å². The van der Waals surface area contributed by atoms with E-state index in [1.54, 1.807) is 0 Å². The van der Waals surface area contributed by atoms with Crippen LogP contribution in [0.15, 0.2) is 0 Å². The molecule has 1 N–H and O–H groups in total. The topological polar surface area (TPSA) is 80.3 Å². The zero-order valence-corrected chi connectivity index (χ0v) is 13.9. The first-order valence-corrected chi connectivity index (χ1v) is 10.9. The Labute approximate surface area is 123 Å². The Hall–Kier alpha value is 0.340. The Morgan fingerprint density at radius 1 is 1.11 bits per heavy atom. The first-order valence-electron chi connectivity index (χ1n) is 6.61. The molecule has 0 aromatic carbocycles. The Balaban J connectivity index is 1.85. The van der Waals surface area contributed by atoms with Crippen LogP contribution in [-0.2, 0) is 19.9 Å². The number of rotatable bonds is 4. The predicted octanol–water partition coefficient (Wildman–Crippen LogP) is 1.05. The van der Waals surface area contributed by atoms with E-state index < -0.39 is 25.1 Å². The van der Waals surface area contributed by atoms with Crippen molar-refractivity contribution in [2.75, 3.05) is 18.1 Å². The highest BCUT2D eigenvalue weighted by atomic mass is 79.9. The molecule has 8 heteroatoms. The van der Waals surface area contributed by atoms with E-state index in [-0.39, 0.29) is 24.3 Å². The van der Waals surface area contributed by atoms with Gasteiger partial charge in [0.25, 0.3) is 0 Å². The van der Waals surface area contributed by atoms with Crippen LogP contribution >= 0.6 is 15.9 Å². The van der Waals surface area contributed by atoms with Crippen molar-refractivity contribution in [2.24, 2.45) is 5.92 Å². The molecule has 2 rings (SSSR count). The minimum Gasteiger partial charge on any atom is -0.229 e. The van der Waals surface area contributed by atoms with Crippen LogP contribution in [0.3, 0.4) is 0 Å². The molecule has 1 aliphatic heterocycles.